The summed E-state index contributed by atoms with van der Waals surface area (Å²) in [4.78, 5) is 11.7. The van der Waals surface area contributed by atoms with E-state index in [4.69, 9.17) is 4.74 Å². The molecule has 0 aromatic carbocycles. The molecule has 0 bridgehead atoms. The topological polar surface area (TPSA) is 38.3 Å². The lowest BCUT2D eigenvalue weighted by Gasteiger charge is -2.34. The summed E-state index contributed by atoms with van der Waals surface area (Å²) in [5.74, 6) is 0.589. The van der Waals surface area contributed by atoms with E-state index in [1.807, 2.05) is 20.9 Å². The average Bonchev–Trinajstić information content (AvgIpc) is 2.11. The fraction of sp³-hybridized carbons (Fsp3) is 0.909. The zero-order chi connectivity index (χ0) is 10.6. The van der Waals surface area contributed by atoms with Gasteiger partial charge in [-0.15, -0.1) is 0 Å². The molecule has 3 nitrogen and oxygen atoms in total. The minimum atomic E-state index is -0.485. The van der Waals surface area contributed by atoms with Crippen LogP contribution in [0.4, 0.5) is 0 Å². The van der Waals surface area contributed by atoms with Crippen LogP contribution in [-0.4, -0.2) is 25.2 Å². The van der Waals surface area contributed by atoms with Crippen LogP contribution in [-0.2, 0) is 9.53 Å². The van der Waals surface area contributed by atoms with Crippen LogP contribution in [0.2, 0.25) is 0 Å². The number of carbonyl (C=O) groups excluding carboxylic acids is 1. The molecule has 1 N–H and O–H groups in total. The van der Waals surface area contributed by atoms with Crippen molar-refractivity contribution in [2.24, 2.45) is 5.92 Å². The number of hydrogen-bond donors (Lipinski definition) is 1. The van der Waals surface area contributed by atoms with Crippen LogP contribution >= 0.6 is 0 Å². The second-order valence-corrected chi connectivity index (χ2v) is 4.30. The number of carbonyl (C=O) groups is 1. The van der Waals surface area contributed by atoms with Gasteiger partial charge in [0.25, 0.3) is 0 Å². The molecule has 14 heavy (non-hydrogen) atoms. The molecule has 0 radical (unpaired) electrons. The molecule has 0 spiro atoms. The van der Waals surface area contributed by atoms with Crippen molar-refractivity contribution in [1.29, 1.82) is 0 Å². The van der Waals surface area contributed by atoms with Crippen LogP contribution in [0.1, 0.15) is 39.5 Å². The third kappa shape index (κ3) is 2.47. The molecule has 0 aliphatic heterocycles. The number of hydrogen-bond acceptors (Lipinski definition) is 3. The van der Waals surface area contributed by atoms with Crippen molar-refractivity contribution in [3.8, 4) is 0 Å². The van der Waals surface area contributed by atoms with E-state index < -0.39 is 5.54 Å². The first-order valence-corrected chi connectivity index (χ1v) is 5.48. The monoisotopic (exact) mass is 199 g/mol. The van der Waals surface area contributed by atoms with Crippen molar-refractivity contribution in [3.63, 3.8) is 0 Å². The molecule has 1 unspecified atom stereocenters. The molecule has 1 aliphatic rings. The number of ether oxygens (including phenoxy) is 1. The summed E-state index contributed by atoms with van der Waals surface area (Å²) < 4.78 is 5.07. The van der Waals surface area contributed by atoms with Gasteiger partial charge in [-0.1, -0.05) is 19.3 Å². The second-order valence-electron chi connectivity index (χ2n) is 4.30. The first-order chi connectivity index (χ1) is 6.62. The molecule has 1 rings (SSSR count). The Kier molecular flexibility index (Phi) is 3.93. The maximum atomic E-state index is 11.7. The molecule has 0 amide bonds. The van der Waals surface area contributed by atoms with Gasteiger partial charge in [0.05, 0.1) is 6.61 Å². The van der Waals surface area contributed by atoms with Crippen molar-refractivity contribution in [2.45, 2.75) is 45.1 Å². The molecule has 1 fully saturated rings. The Bertz CT molecular complexity index is 201. The highest BCUT2D eigenvalue weighted by Gasteiger charge is 2.37. The van der Waals surface area contributed by atoms with Gasteiger partial charge in [-0.05, 0) is 33.2 Å². The summed E-state index contributed by atoms with van der Waals surface area (Å²) in [6, 6.07) is 0. The van der Waals surface area contributed by atoms with E-state index in [1.165, 1.54) is 19.3 Å². The summed E-state index contributed by atoms with van der Waals surface area (Å²) in [7, 11) is 1.83. The Hall–Kier alpha value is -0.570. The Morgan fingerprint density at radius 3 is 2.57 bits per heavy atom. The predicted octanol–water partition coefficient (Wildman–Crippen LogP) is 1.72. The summed E-state index contributed by atoms with van der Waals surface area (Å²) in [5.41, 5.74) is -0.485. The molecular formula is C11H21NO2. The van der Waals surface area contributed by atoms with E-state index in [2.05, 4.69) is 5.32 Å². The van der Waals surface area contributed by atoms with E-state index in [9.17, 15) is 4.79 Å². The summed E-state index contributed by atoms with van der Waals surface area (Å²) in [6.45, 7) is 4.24. The lowest BCUT2D eigenvalue weighted by atomic mass is 9.76. The van der Waals surface area contributed by atoms with Gasteiger partial charge in [-0.25, -0.2) is 0 Å². The molecule has 0 aromatic rings. The van der Waals surface area contributed by atoms with Crippen LogP contribution < -0.4 is 5.32 Å². The largest absolute Gasteiger partial charge is 0.465 e. The number of esters is 1. The molecule has 82 valence electrons. The highest BCUT2D eigenvalue weighted by molar-refractivity contribution is 5.80. The molecule has 3 heteroatoms. The van der Waals surface area contributed by atoms with Crippen molar-refractivity contribution in [3.05, 3.63) is 0 Å². The molecule has 0 heterocycles. The van der Waals surface area contributed by atoms with Gasteiger partial charge in [0.1, 0.15) is 5.54 Å². The van der Waals surface area contributed by atoms with Gasteiger partial charge in [0, 0.05) is 0 Å². The third-order valence-electron chi connectivity index (χ3n) is 3.20. The van der Waals surface area contributed by atoms with Crippen molar-refractivity contribution in [2.75, 3.05) is 13.7 Å². The van der Waals surface area contributed by atoms with Crippen LogP contribution in [0.5, 0.6) is 0 Å². The number of likely N-dealkylation sites (N-methyl/N-ethyl adjacent to an activating group) is 1. The normalized spacial score (nSPS) is 21.1. The smallest absolute Gasteiger partial charge is 0.326 e. The van der Waals surface area contributed by atoms with E-state index in [0.29, 0.717) is 12.5 Å². The molecule has 0 saturated heterocycles. The van der Waals surface area contributed by atoms with E-state index in [0.717, 1.165) is 6.42 Å². The van der Waals surface area contributed by atoms with Gasteiger partial charge in [-0.2, -0.15) is 0 Å². The Morgan fingerprint density at radius 2 is 2.21 bits per heavy atom. The quantitative estimate of drug-likeness (QED) is 0.685. The first kappa shape index (κ1) is 11.5. The standard InChI is InChI=1S/C11H21NO2/c1-4-14-10(13)11(2,12-3)8-9-6-5-7-9/h9,12H,4-8H2,1-3H3. The zero-order valence-electron chi connectivity index (χ0n) is 9.43. The molecule has 1 atom stereocenters. The highest BCUT2D eigenvalue weighted by Crippen LogP contribution is 2.33. The Labute approximate surface area is 86.2 Å². The van der Waals surface area contributed by atoms with Crippen molar-refractivity contribution >= 4 is 5.97 Å². The van der Waals surface area contributed by atoms with Crippen molar-refractivity contribution < 1.29 is 9.53 Å². The van der Waals surface area contributed by atoms with Crippen LogP contribution in [0.25, 0.3) is 0 Å². The third-order valence-corrected chi connectivity index (χ3v) is 3.20. The fourth-order valence-electron chi connectivity index (χ4n) is 1.85. The van der Waals surface area contributed by atoms with Crippen molar-refractivity contribution in [1.82, 2.24) is 5.32 Å². The summed E-state index contributed by atoms with van der Waals surface area (Å²) in [5, 5.41) is 3.09. The van der Waals surface area contributed by atoms with Gasteiger partial charge < -0.3 is 10.1 Å². The SMILES string of the molecule is CCOC(=O)C(C)(CC1CCC1)NC. The predicted molar refractivity (Wildman–Crippen MR) is 56.1 cm³/mol. The summed E-state index contributed by atoms with van der Waals surface area (Å²) in [6.07, 6.45) is 4.74. The first-order valence-electron chi connectivity index (χ1n) is 5.48. The molecule has 0 aromatic heterocycles. The van der Waals surface area contributed by atoms with Gasteiger partial charge >= 0.3 is 5.97 Å². The van der Waals surface area contributed by atoms with Crippen LogP contribution in [0.3, 0.4) is 0 Å². The van der Waals surface area contributed by atoms with Crippen LogP contribution in [0, 0.1) is 5.92 Å². The maximum absolute atomic E-state index is 11.7. The van der Waals surface area contributed by atoms with Gasteiger partial charge in [0.2, 0.25) is 0 Å². The summed E-state index contributed by atoms with van der Waals surface area (Å²) >= 11 is 0. The van der Waals surface area contributed by atoms with E-state index in [1.54, 1.807) is 0 Å². The maximum Gasteiger partial charge on any atom is 0.326 e. The fourth-order valence-corrected chi connectivity index (χ4v) is 1.85. The van der Waals surface area contributed by atoms with Crippen LogP contribution in [0.15, 0.2) is 0 Å². The number of rotatable bonds is 5. The average molecular weight is 199 g/mol. The highest BCUT2D eigenvalue weighted by atomic mass is 16.5. The van der Waals surface area contributed by atoms with Gasteiger partial charge in [-0.3, -0.25) is 4.79 Å². The van der Waals surface area contributed by atoms with E-state index >= 15 is 0 Å². The van der Waals surface area contributed by atoms with E-state index in [-0.39, 0.29) is 5.97 Å². The lowest BCUT2D eigenvalue weighted by Crippen LogP contribution is -2.50. The number of nitrogens with one attached hydrogen (secondary N) is 1. The Balaban J connectivity index is 2.49. The minimum absolute atomic E-state index is 0.116. The lowest BCUT2D eigenvalue weighted by molar-refractivity contribution is -0.151. The van der Waals surface area contributed by atoms with Gasteiger partial charge in [0.15, 0.2) is 0 Å². The minimum Gasteiger partial charge on any atom is -0.465 e. The molecule has 1 saturated carbocycles. The molecular weight excluding hydrogens is 178 g/mol. The second kappa shape index (κ2) is 4.78. The molecule has 1 aliphatic carbocycles. The zero-order valence-corrected chi connectivity index (χ0v) is 9.43. The Morgan fingerprint density at radius 1 is 1.57 bits per heavy atom.